The minimum Gasteiger partial charge on any atom is -0.439 e. The van der Waals surface area contributed by atoms with Crippen LogP contribution in [0.2, 0.25) is 5.02 Å². The maximum atomic E-state index is 14.1. The van der Waals surface area contributed by atoms with Crippen molar-refractivity contribution in [2.75, 3.05) is 6.61 Å². The molecule has 1 aromatic carbocycles. The molecule has 0 bridgehead atoms. The largest absolute Gasteiger partial charge is 0.439 e. The van der Waals surface area contributed by atoms with Crippen molar-refractivity contribution in [3.05, 3.63) is 39.4 Å². The Morgan fingerprint density at radius 2 is 2.28 bits per heavy atom. The highest BCUT2D eigenvalue weighted by molar-refractivity contribution is 6.35. The van der Waals surface area contributed by atoms with E-state index in [1.807, 2.05) is 0 Å². The molecule has 1 fully saturated rings. The van der Waals surface area contributed by atoms with E-state index in [0.29, 0.717) is 5.52 Å². The van der Waals surface area contributed by atoms with Crippen LogP contribution in [0, 0.1) is 0 Å². The molecule has 1 aliphatic rings. The van der Waals surface area contributed by atoms with Crippen LogP contribution in [0.4, 0.5) is 9.18 Å². The highest BCUT2D eigenvalue weighted by atomic mass is 35.5. The number of alkyl halides is 1. The molecule has 0 aliphatic heterocycles. The topological polar surface area (TPSA) is 107 Å². The predicted molar refractivity (Wildman–Crippen MR) is 89.3 cm³/mol. The molecule has 1 atom stereocenters. The lowest BCUT2D eigenvalue weighted by Crippen LogP contribution is -2.47. The second kappa shape index (κ2) is 6.27. The smallest absolute Gasteiger partial charge is 0.405 e. The van der Waals surface area contributed by atoms with E-state index < -0.39 is 36.1 Å². The fraction of sp³-hybridized carbons (Fsp3) is 0.438. The molecule has 1 aromatic heterocycles. The normalized spacial score (nSPS) is 23.9. The number of carbonyl (C=O) groups is 1. The van der Waals surface area contributed by atoms with E-state index in [9.17, 15) is 14.0 Å². The molecule has 25 heavy (non-hydrogen) atoms. The Hall–Kier alpha value is -2.19. The van der Waals surface area contributed by atoms with Crippen LogP contribution in [0.3, 0.4) is 0 Å². The van der Waals surface area contributed by atoms with Crippen LogP contribution < -0.4 is 11.3 Å². The third-order valence-corrected chi connectivity index (χ3v) is 4.73. The fourth-order valence-corrected chi connectivity index (χ4v) is 3.43. The molecule has 1 saturated carbocycles. The van der Waals surface area contributed by atoms with Gasteiger partial charge < -0.3 is 15.6 Å². The quantitative estimate of drug-likeness (QED) is 0.859. The zero-order valence-corrected chi connectivity index (χ0v) is 14.2. The number of halogens is 2. The first-order valence-corrected chi connectivity index (χ1v) is 8.10. The number of fused-ring (bicyclic) bond motifs is 1. The summed E-state index contributed by atoms with van der Waals surface area (Å²) in [5, 5.41) is 9.54. The van der Waals surface area contributed by atoms with E-state index in [4.69, 9.17) is 27.2 Å². The molecule has 0 radical (unpaired) electrons. The van der Waals surface area contributed by atoms with Crippen LogP contribution >= 0.6 is 11.6 Å². The summed E-state index contributed by atoms with van der Waals surface area (Å²) in [5.74, 6) is 0.156. The molecule has 7 nitrogen and oxygen atoms in total. The van der Waals surface area contributed by atoms with Crippen molar-refractivity contribution < 1.29 is 19.0 Å². The van der Waals surface area contributed by atoms with Gasteiger partial charge in [-0.25, -0.2) is 14.2 Å². The number of primary amides is 1. The van der Waals surface area contributed by atoms with Crippen LogP contribution in [-0.2, 0) is 4.74 Å². The van der Waals surface area contributed by atoms with Gasteiger partial charge in [0.25, 0.3) is 5.56 Å². The Morgan fingerprint density at radius 3 is 2.88 bits per heavy atom. The molecule has 0 spiro atoms. The molecular formula is C16H17ClFN3O4. The number of nitrogens with zero attached hydrogens (tertiary/aromatic N) is 2. The number of rotatable bonds is 4. The van der Waals surface area contributed by atoms with E-state index in [1.165, 1.54) is 11.5 Å². The summed E-state index contributed by atoms with van der Waals surface area (Å²) < 4.78 is 20.4. The first-order chi connectivity index (χ1) is 11.8. The predicted octanol–water partition coefficient (Wildman–Crippen LogP) is 2.24. The SMILES string of the molecule is CC(OC(N)=O)c1nc2cccc(Cl)c2c(=O)n1C1CC(F)(CO)C1. The van der Waals surface area contributed by atoms with E-state index in [0.717, 1.165) is 0 Å². The molecule has 0 saturated heterocycles. The molecule has 9 heteroatoms. The molecule has 3 rings (SSSR count). The Bertz CT molecular complexity index is 895. The number of hydrogen-bond acceptors (Lipinski definition) is 5. The zero-order chi connectivity index (χ0) is 18.4. The Labute approximate surface area is 147 Å². The number of amides is 1. The molecule has 3 N–H and O–H groups in total. The fourth-order valence-electron chi connectivity index (χ4n) is 3.18. The molecule has 1 unspecified atom stereocenters. The number of nitrogens with two attached hydrogens (primary N) is 1. The molecule has 134 valence electrons. The second-order valence-corrected chi connectivity index (χ2v) is 6.64. The second-order valence-electron chi connectivity index (χ2n) is 6.23. The molecule has 1 amide bonds. The highest BCUT2D eigenvalue weighted by Gasteiger charge is 2.47. The Kier molecular flexibility index (Phi) is 4.42. The Balaban J connectivity index is 2.17. The van der Waals surface area contributed by atoms with Gasteiger partial charge in [0.1, 0.15) is 5.67 Å². The summed E-state index contributed by atoms with van der Waals surface area (Å²) >= 11 is 6.13. The van der Waals surface area contributed by atoms with Gasteiger partial charge in [-0.3, -0.25) is 9.36 Å². The van der Waals surface area contributed by atoms with Gasteiger partial charge in [0.15, 0.2) is 11.9 Å². The van der Waals surface area contributed by atoms with Crippen LogP contribution in [0.5, 0.6) is 0 Å². The standard InChI is InChI=1S/C16H17ClFN3O4/c1-8(25-15(19)24)13-20-11-4-2-3-10(17)12(11)14(23)21(13)9-5-16(18,6-9)7-22/h2-4,8-9,22H,5-7H2,1H3,(H2,19,24). The first-order valence-electron chi connectivity index (χ1n) is 7.72. The van der Waals surface area contributed by atoms with Crippen molar-refractivity contribution in [1.29, 1.82) is 0 Å². The Morgan fingerprint density at radius 1 is 1.60 bits per heavy atom. The molecule has 1 heterocycles. The monoisotopic (exact) mass is 369 g/mol. The maximum absolute atomic E-state index is 14.1. The number of benzene rings is 1. The van der Waals surface area contributed by atoms with Gasteiger partial charge in [-0.05, 0) is 19.1 Å². The van der Waals surface area contributed by atoms with Crippen molar-refractivity contribution >= 4 is 28.6 Å². The molecular weight excluding hydrogens is 353 g/mol. The van der Waals surface area contributed by atoms with Crippen LogP contribution in [-0.4, -0.2) is 33.0 Å². The van der Waals surface area contributed by atoms with Crippen molar-refractivity contribution in [2.45, 2.75) is 37.6 Å². The van der Waals surface area contributed by atoms with Crippen molar-refractivity contribution in [3.8, 4) is 0 Å². The van der Waals surface area contributed by atoms with Crippen molar-refractivity contribution in [1.82, 2.24) is 9.55 Å². The average molecular weight is 370 g/mol. The van der Waals surface area contributed by atoms with Gasteiger partial charge in [-0.2, -0.15) is 0 Å². The summed E-state index contributed by atoms with van der Waals surface area (Å²) in [5.41, 5.74) is 3.22. The van der Waals surface area contributed by atoms with Crippen LogP contribution in [0.25, 0.3) is 10.9 Å². The van der Waals surface area contributed by atoms with Gasteiger partial charge in [0, 0.05) is 18.9 Å². The molecule has 2 aromatic rings. The number of ether oxygens (including phenoxy) is 1. The van der Waals surface area contributed by atoms with Crippen molar-refractivity contribution in [3.63, 3.8) is 0 Å². The third kappa shape index (κ3) is 3.07. The van der Waals surface area contributed by atoms with E-state index in [-0.39, 0.29) is 29.1 Å². The van der Waals surface area contributed by atoms with Gasteiger partial charge in [0.2, 0.25) is 0 Å². The number of aromatic nitrogens is 2. The minimum absolute atomic E-state index is 0.0443. The lowest BCUT2D eigenvalue weighted by Gasteiger charge is -2.41. The van der Waals surface area contributed by atoms with Gasteiger partial charge in [0.05, 0.1) is 22.5 Å². The van der Waals surface area contributed by atoms with E-state index in [1.54, 1.807) is 18.2 Å². The van der Waals surface area contributed by atoms with E-state index in [2.05, 4.69) is 4.98 Å². The summed E-state index contributed by atoms with van der Waals surface area (Å²) in [6.07, 6.45) is -2.00. The maximum Gasteiger partial charge on any atom is 0.405 e. The summed E-state index contributed by atoms with van der Waals surface area (Å²) in [4.78, 5) is 28.4. The van der Waals surface area contributed by atoms with Crippen LogP contribution in [0.15, 0.2) is 23.0 Å². The average Bonchev–Trinajstić information content (AvgIpc) is 2.51. The van der Waals surface area contributed by atoms with Crippen molar-refractivity contribution in [2.24, 2.45) is 5.73 Å². The minimum atomic E-state index is -1.73. The van der Waals surface area contributed by atoms with Crippen LogP contribution in [0.1, 0.15) is 37.7 Å². The van der Waals surface area contributed by atoms with Gasteiger partial charge in [-0.15, -0.1) is 0 Å². The number of aliphatic hydroxyl groups excluding tert-OH is 1. The zero-order valence-electron chi connectivity index (χ0n) is 13.4. The van der Waals surface area contributed by atoms with Gasteiger partial charge >= 0.3 is 6.09 Å². The lowest BCUT2D eigenvalue weighted by molar-refractivity contribution is -0.0370. The first kappa shape index (κ1) is 17.6. The lowest BCUT2D eigenvalue weighted by atomic mass is 9.77. The number of carbonyl (C=O) groups excluding carboxylic acids is 1. The van der Waals surface area contributed by atoms with Gasteiger partial charge in [-0.1, -0.05) is 17.7 Å². The molecule has 1 aliphatic carbocycles. The number of aliphatic hydroxyl groups is 1. The third-order valence-electron chi connectivity index (χ3n) is 4.41. The summed E-state index contributed by atoms with van der Waals surface area (Å²) in [6.45, 7) is 0.898. The summed E-state index contributed by atoms with van der Waals surface area (Å²) in [6, 6.07) is 4.30. The summed E-state index contributed by atoms with van der Waals surface area (Å²) in [7, 11) is 0. The highest BCUT2D eigenvalue weighted by Crippen LogP contribution is 2.44. The number of hydrogen-bond donors (Lipinski definition) is 2. The van der Waals surface area contributed by atoms with E-state index >= 15 is 0 Å².